The van der Waals surface area contributed by atoms with Crippen LogP contribution in [0.4, 0.5) is 5.69 Å². The summed E-state index contributed by atoms with van der Waals surface area (Å²) in [4.78, 5) is 21.1. The number of hydrogen-bond donors (Lipinski definition) is 2. The third-order valence-electron chi connectivity index (χ3n) is 2.47. The van der Waals surface area contributed by atoms with Crippen LogP contribution in [0.2, 0.25) is 0 Å². The van der Waals surface area contributed by atoms with E-state index in [9.17, 15) is 14.9 Å². The van der Waals surface area contributed by atoms with E-state index in [1.807, 2.05) is 0 Å². The number of nitrogens with zero attached hydrogens (tertiary/aromatic N) is 1. The van der Waals surface area contributed by atoms with Crippen molar-refractivity contribution in [1.29, 1.82) is 0 Å². The number of rotatable bonds is 5. The summed E-state index contributed by atoms with van der Waals surface area (Å²) in [6.07, 6.45) is 0. The lowest BCUT2D eigenvalue weighted by Crippen LogP contribution is -2.53. The number of non-ortho nitro benzene ring substituents is 1. The van der Waals surface area contributed by atoms with Crippen LogP contribution < -0.4 is 16.2 Å². The summed E-state index contributed by atoms with van der Waals surface area (Å²) < 4.78 is 5.32. The van der Waals surface area contributed by atoms with Gasteiger partial charge in [-0.1, -0.05) is 0 Å². The number of carbonyl (C=O) groups is 1. The quantitative estimate of drug-likeness (QED) is 0.584. The third kappa shape index (κ3) is 3.17. The van der Waals surface area contributed by atoms with Gasteiger partial charge in [0.2, 0.25) is 5.91 Å². The maximum absolute atomic E-state index is 11.0. The molecule has 18 heavy (non-hydrogen) atoms. The Morgan fingerprint density at radius 1 is 1.56 bits per heavy atom. The van der Waals surface area contributed by atoms with Crippen LogP contribution in [0, 0.1) is 17.0 Å². The Balaban J connectivity index is 2.88. The largest absolute Gasteiger partial charge is 0.491 e. The summed E-state index contributed by atoms with van der Waals surface area (Å²) in [7, 11) is 0. The van der Waals surface area contributed by atoms with Crippen LogP contribution in [0.3, 0.4) is 0 Å². The minimum absolute atomic E-state index is 0.0894. The van der Waals surface area contributed by atoms with Crippen LogP contribution in [0.25, 0.3) is 0 Å². The van der Waals surface area contributed by atoms with Crippen molar-refractivity contribution in [2.75, 3.05) is 6.61 Å². The molecule has 4 N–H and O–H groups in total. The maximum atomic E-state index is 11.0. The zero-order valence-corrected chi connectivity index (χ0v) is 10.2. The van der Waals surface area contributed by atoms with Gasteiger partial charge in [-0.2, -0.15) is 0 Å². The molecule has 1 aromatic rings. The van der Waals surface area contributed by atoms with Gasteiger partial charge >= 0.3 is 0 Å². The molecule has 1 amide bonds. The number of amides is 1. The molecule has 0 aliphatic heterocycles. The highest BCUT2D eigenvalue weighted by atomic mass is 16.6. The van der Waals surface area contributed by atoms with Crippen molar-refractivity contribution in [3.8, 4) is 5.75 Å². The molecule has 0 bridgehead atoms. The molecule has 0 saturated heterocycles. The highest BCUT2D eigenvalue weighted by Gasteiger charge is 2.27. The number of benzene rings is 1. The molecule has 0 radical (unpaired) electrons. The molecular formula is C11H15N3O4. The molecule has 1 unspecified atom stereocenters. The van der Waals surface area contributed by atoms with Gasteiger partial charge in [0.25, 0.3) is 5.69 Å². The van der Waals surface area contributed by atoms with Crippen molar-refractivity contribution in [3.63, 3.8) is 0 Å². The fraction of sp³-hybridized carbons (Fsp3) is 0.364. The van der Waals surface area contributed by atoms with Gasteiger partial charge in [0.05, 0.1) is 11.0 Å². The van der Waals surface area contributed by atoms with Crippen molar-refractivity contribution in [2.45, 2.75) is 19.4 Å². The number of ether oxygens (including phenoxy) is 1. The van der Waals surface area contributed by atoms with E-state index in [2.05, 4.69) is 0 Å². The molecule has 1 aromatic carbocycles. The van der Waals surface area contributed by atoms with E-state index >= 15 is 0 Å². The van der Waals surface area contributed by atoms with Gasteiger partial charge in [0.1, 0.15) is 17.9 Å². The summed E-state index contributed by atoms with van der Waals surface area (Å²) >= 11 is 0. The number of carbonyl (C=O) groups excluding carboxylic acids is 1. The topological polar surface area (TPSA) is 121 Å². The van der Waals surface area contributed by atoms with Gasteiger partial charge in [-0.3, -0.25) is 14.9 Å². The second kappa shape index (κ2) is 5.01. The van der Waals surface area contributed by atoms with E-state index in [0.29, 0.717) is 11.3 Å². The Labute approximate surface area is 104 Å². The van der Waals surface area contributed by atoms with Crippen molar-refractivity contribution in [3.05, 3.63) is 33.9 Å². The van der Waals surface area contributed by atoms with Crippen molar-refractivity contribution in [1.82, 2.24) is 0 Å². The summed E-state index contributed by atoms with van der Waals surface area (Å²) in [5.41, 5.74) is 10.0. The minimum atomic E-state index is -1.32. The van der Waals surface area contributed by atoms with Crippen molar-refractivity contribution < 1.29 is 14.5 Å². The number of hydrogen-bond acceptors (Lipinski definition) is 5. The molecule has 98 valence electrons. The van der Waals surface area contributed by atoms with E-state index in [-0.39, 0.29) is 12.3 Å². The van der Waals surface area contributed by atoms with Gasteiger partial charge < -0.3 is 16.2 Å². The number of primary amides is 1. The molecule has 0 fully saturated rings. The Bertz CT molecular complexity index is 485. The first kappa shape index (κ1) is 13.9. The van der Waals surface area contributed by atoms with E-state index < -0.39 is 16.4 Å². The summed E-state index contributed by atoms with van der Waals surface area (Å²) in [5, 5.41) is 10.6. The number of nitro benzene ring substituents is 1. The van der Waals surface area contributed by atoms with Gasteiger partial charge in [0.15, 0.2) is 0 Å². The normalized spacial score (nSPS) is 13.7. The lowest BCUT2D eigenvalue weighted by atomic mass is 10.1. The smallest absolute Gasteiger partial charge is 0.273 e. The fourth-order valence-corrected chi connectivity index (χ4v) is 1.16. The molecule has 7 heteroatoms. The monoisotopic (exact) mass is 253 g/mol. The molecule has 0 aliphatic carbocycles. The van der Waals surface area contributed by atoms with Crippen LogP contribution in [-0.4, -0.2) is 23.0 Å². The van der Waals surface area contributed by atoms with E-state index in [4.69, 9.17) is 16.2 Å². The van der Waals surface area contributed by atoms with Crippen LogP contribution in [0.5, 0.6) is 5.75 Å². The molecule has 0 spiro atoms. The van der Waals surface area contributed by atoms with Crippen LogP contribution in [0.15, 0.2) is 18.2 Å². The minimum Gasteiger partial charge on any atom is -0.491 e. The van der Waals surface area contributed by atoms with E-state index in [1.54, 1.807) is 13.0 Å². The molecule has 1 rings (SSSR count). The predicted octanol–water partition coefficient (Wildman–Crippen LogP) is 0.485. The molecular weight excluding hydrogens is 238 g/mol. The molecule has 7 nitrogen and oxygen atoms in total. The number of nitro groups is 1. The zero-order valence-electron chi connectivity index (χ0n) is 10.2. The van der Waals surface area contributed by atoms with Crippen LogP contribution >= 0.6 is 0 Å². The highest BCUT2D eigenvalue weighted by Crippen LogP contribution is 2.24. The molecule has 0 aromatic heterocycles. The maximum Gasteiger partial charge on any atom is 0.273 e. The van der Waals surface area contributed by atoms with Crippen LogP contribution in [0.1, 0.15) is 12.5 Å². The standard InChI is InChI=1S/C11H15N3O4/c1-7-3-4-8(14(16)17)5-9(7)18-6-11(2,13)10(12)15/h3-5H,6,13H2,1-2H3,(H2,12,15). The number of aryl methyl sites for hydroxylation is 1. The Morgan fingerprint density at radius 3 is 2.67 bits per heavy atom. The highest BCUT2D eigenvalue weighted by molar-refractivity contribution is 5.84. The van der Waals surface area contributed by atoms with E-state index in [0.717, 1.165) is 0 Å². The zero-order chi connectivity index (χ0) is 13.9. The van der Waals surface area contributed by atoms with Crippen molar-refractivity contribution >= 4 is 11.6 Å². The second-order valence-electron chi connectivity index (χ2n) is 4.28. The molecule has 1 atom stereocenters. The lowest BCUT2D eigenvalue weighted by molar-refractivity contribution is -0.385. The Morgan fingerprint density at radius 2 is 2.17 bits per heavy atom. The molecule has 0 aliphatic rings. The first-order chi connectivity index (χ1) is 8.24. The van der Waals surface area contributed by atoms with Gasteiger partial charge in [-0.25, -0.2) is 0 Å². The average Bonchev–Trinajstić information content (AvgIpc) is 2.27. The first-order valence-corrected chi connectivity index (χ1v) is 5.20. The number of nitrogens with two attached hydrogens (primary N) is 2. The average molecular weight is 253 g/mol. The summed E-state index contributed by atoms with van der Waals surface area (Å²) in [6.45, 7) is 3.02. The lowest BCUT2D eigenvalue weighted by Gasteiger charge is -2.21. The third-order valence-corrected chi connectivity index (χ3v) is 2.47. The van der Waals surface area contributed by atoms with Gasteiger partial charge in [-0.15, -0.1) is 0 Å². The van der Waals surface area contributed by atoms with Crippen LogP contribution in [-0.2, 0) is 4.79 Å². The first-order valence-electron chi connectivity index (χ1n) is 5.20. The van der Waals surface area contributed by atoms with Crippen molar-refractivity contribution in [2.24, 2.45) is 11.5 Å². The van der Waals surface area contributed by atoms with Gasteiger partial charge in [-0.05, 0) is 25.5 Å². The van der Waals surface area contributed by atoms with E-state index in [1.165, 1.54) is 19.1 Å². The Hall–Kier alpha value is -2.15. The summed E-state index contributed by atoms with van der Waals surface area (Å²) in [6, 6.07) is 4.22. The van der Waals surface area contributed by atoms with Gasteiger partial charge in [0, 0.05) is 6.07 Å². The second-order valence-corrected chi connectivity index (χ2v) is 4.28. The summed E-state index contributed by atoms with van der Waals surface area (Å²) in [5.74, 6) is -0.396. The SMILES string of the molecule is Cc1ccc([N+](=O)[O-])cc1OCC(C)(N)C(N)=O. The molecule has 0 saturated carbocycles. The predicted molar refractivity (Wildman–Crippen MR) is 65.1 cm³/mol. The molecule has 0 heterocycles. The Kier molecular flexibility index (Phi) is 3.87. The fourth-order valence-electron chi connectivity index (χ4n) is 1.16.